The lowest BCUT2D eigenvalue weighted by atomic mass is 9.62. The maximum Gasteiger partial charge on any atom is 0.238 e. The van der Waals surface area contributed by atoms with Crippen molar-refractivity contribution in [2.24, 2.45) is 5.92 Å². The van der Waals surface area contributed by atoms with Crippen molar-refractivity contribution < 1.29 is 19.1 Å². The van der Waals surface area contributed by atoms with Gasteiger partial charge in [0.05, 0.1) is 19.1 Å². The van der Waals surface area contributed by atoms with Gasteiger partial charge in [-0.15, -0.1) is 0 Å². The van der Waals surface area contributed by atoms with Crippen LogP contribution < -0.4 is 10.1 Å². The Balaban J connectivity index is 1.53. The van der Waals surface area contributed by atoms with E-state index in [9.17, 15) is 14.4 Å². The van der Waals surface area contributed by atoms with E-state index in [1.54, 1.807) is 43.5 Å². The van der Waals surface area contributed by atoms with Gasteiger partial charge in [-0.1, -0.05) is 84.4 Å². The van der Waals surface area contributed by atoms with Crippen molar-refractivity contribution in [3.8, 4) is 5.75 Å². The van der Waals surface area contributed by atoms with Gasteiger partial charge < -0.3 is 15.0 Å². The summed E-state index contributed by atoms with van der Waals surface area (Å²) in [6.45, 7) is 1.97. The molecule has 0 saturated carbocycles. The van der Waals surface area contributed by atoms with Crippen LogP contribution in [0.5, 0.6) is 5.75 Å². The molecule has 1 spiro atoms. The number of Topliss-reactive ketones (excluding diaryl/α,β-unsaturated/α-hetero) is 2. The fourth-order valence-corrected chi connectivity index (χ4v) is 7.01. The highest BCUT2D eigenvalue weighted by Gasteiger charge is 2.70. The third kappa shape index (κ3) is 3.53. The summed E-state index contributed by atoms with van der Waals surface area (Å²) in [5.41, 5.74) is 3.82. The molecule has 202 valence electrons. The number of hydrogen-bond donors (Lipinski definition) is 1. The van der Waals surface area contributed by atoms with E-state index in [2.05, 4.69) is 5.32 Å². The van der Waals surface area contributed by atoms with E-state index in [4.69, 9.17) is 4.74 Å². The first-order valence-corrected chi connectivity index (χ1v) is 13.7. The zero-order chi connectivity index (χ0) is 28.3. The van der Waals surface area contributed by atoms with Gasteiger partial charge in [0.25, 0.3) is 0 Å². The van der Waals surface area contributed by atoms with Gasteiger partial charge in [0, 0.05) is 23.0 Å². The Morgan fingerprint density at radius 2 is 1.61 bits per heavy atom. The minimum absolute atomic E-state index is 0.200. The molecule has 6 nitrogen and oxygen atoms in total. The van der Waals surface area contributed by atoms with E-state index >= 15 is 0 Å². The van der Waals surface area contributed by atoms with Crippen molar-refractivity contribution >= 4 is 29.2 Å². The molecule has 1 N–H and O–H groups in total. The van der Waals surface area contributed by atoms with Gasteiger partial charge in [0.15, 0.2) is 11.6 Å². The number of ketones is 2. The van der Waals surface area contributed by atoms with E-state index in [1.165, 1.54) is 0 Å². The van der Waals surface area contributed by atoms with Gasteiger partial charge in [-0.2, -0.15) is 0 Å². The second-order valence-corrected chi connectivity index (χ2v) is 10.9. The number of carbonyl (C=O) groups is 3. The van der Waals surface area contributed by atoms with Crippen molar-refractivity contribution in [2.45, 2.75) is 24.4 Å². The maximum atomic E-state index is 14.8. The molecule has 0 bridgehead atoms. The fraction of sp³-hybridized carbons (Fsp3) is 0.171. The molecule has 4 unspecified atom stereocenters. The van der Waals surface area contributed by atoms with Crippen LogP contribution in [0.2, 0.25) is 0 Å². The number of anilines is 1. The van der Waals surface area contributed by atoms with Crippen LogP contribution >= 0.6 is 0 Å². The number of nitrogens with zero attached hydrogens (tertiary/aromatic N) is 1. The number of amides is 1. The molecule has 4 aromatic rings. The largest absolute Gasteiger partial charge is 0.497 e. The zero-order valence-corrected chi connectivity index (χ0v) is 22.7. The molecule has 3 aliphatic heterocycles. The molecular weight excluding hydrogens is 512 g/mol. The van der Waals surface area contributed by atoms with Crippen LogP contribution in [-0.2, 0) is 10.2 Å². The molecule has 0 aromatic heterocycles. The molecule has 4 atom stereocenters. The Labute approximate surface area is 238 Å². The number of benzene rings is 4. The summed E-state index contributed by atoms with van der Waals surface area (Å²) < 4.78 is 5.44. The molecule has 6 heteroatoms. The van der Waals surface area contributed by atoms with Crippen molar-refractivity contribution in [2.75, 3.05) is 12.4 Å². The van der Waals surface area contributed by atoms with E-state index in [-0.39, 0.29) is 17.5 Å². The molecule has 4 aromatic carbocycles. The first-order valence-electron chi connectivity index (χ1n) is 13.7. The molecule has 7 rings (SSSR count). The lowest BCUT2D eigenvalue weighted by molar-refractivity contribution is -0.122. The average molecular weight is 541 g/mol. The van der Waals surface area contributed by atoms with Crippen molar-refractivity contribution in [1.82, 2.24) is 4.90 Å². The highest BCUT2D eigenvalue weighted by molar-refractivity contribution is 6.16. The van der Waals surface area contributed by atoms with Crippen LogP contribution in [0.15, 0.2) is 103 Å². The fourth-order valence-electron chi connectivity index (χ4n) is 7.01. The van der Waals surface area contributed by atoms with Gasteiger partial charge in [-0.25, -0.2) is 0 Å². The standard InChI is InChI=1S/C35H28N2O4/c1-21-14-16-23(17-15-21)32(39)30-29(31(38)24-9-7-10-25(20-24)41-2)35(27-12-5-6-13-28(27)36-34(35)40)33-26-11-4-3-8-22(26)18-19-37(30)33/h3-20,29-30,33H,1-2H3,(H,36,40). The molecule has 1 saturated heterocycles. The van der Waals surface area contributed by atoms with Gasteiger partial charge in [-0.05, 0) is 47.9 Å². The first kappa shape index (κ1) is 25.0. The van der Waals surface area contributed by atoms with Gasteiger partial charge in [0.1, 0.15) is 17.2 Å². The van der Waals surface area contributed by atoms with Crippen molar-refractivity contribution in [3.63, 3.8) is 0 Å². The Kier molecular flexibility index (Phi) is 5.68. The first-order chi connectivity index (χ1) is 19.9. The monoisotopic (exact) mass is 540 g/mol. The van der Waals surface area contributed by atoms with Gasteiger partial charge >= 0.3 is 0 Å². The number of fused-ring (bicyclic) bond motifs is 6. The van der Waals surface area contributed by atoms with E-state index in [0.717, 1.165) is 22.3 Å². The molecule has 0 aliphatic carbocycles. The number of para-hydroxylation sites is 1. The molecule has 3 aliphatic rings. The maximum absolute atomic E-state index is 14.8. The van der Waals surface area contributed by atoms with E-state index in [1.807, 2.05) is 84.8 Å². The zero-order valence-electron chi connectivity index (χ0n) is 22.7. The third-order valence-corrected chi connectivity index (χ3v) is 8.81. The van der Waals surface area contributed by atoms with Crippen LogP contribution in [0.3, 0.4) is 0 Å². The van der Waals surface area contributed by atoms with Gasteiger partial charge in [-0.3, -0.25) is 14.4 Å². The number of carbonyl (C=O) groups excluding carboxylic acids is 3. The van der Waals surface area contributed by atoms with Crippen LogP contribution in [-0.4, -0.2) is 35.5 Å². The summed E-state index contributed by atoms with van der Waals surface area (Å²) in [4.78, 5) is 45.9. The summed E-state index contributed by atoms with van der Waals surface area (Å²) in [5, 5.41) is 3.08. The number of hydrogen-bond acceptors (Lipinski definition) is 5. The normalized spacial score (nSPS) is 23.5. The summed E-state index contributed by atoms with van der Waals surface area (Å²) >= 11 is 0. The third-order valence-electron chi connectivity index (χ3n) is 8.81. The van der Waals surface area contributed by atoms with Crippen LogP contribution in [0.1, 0.15) is 49.0 Å². The second kappa shape index (κ2) is 9.30. The average Bonchev–Trinajstić information content (AvgIpc) is 3.49. The summed E-state index contributed by atoms with van der Waals surface area (Å²) in [6.07, 6.45) is 3.85. The smallest absolute Gasteiger partial charge is 0.238 e. The molecule has 1 fully saturated rings. The Morgan fingerprint density at radius 1 is 0.854 bits per heavy atom. The second-order valence-electron chi connectivity index (χ2n) is 10.9. The lowest BCUT2D eigenvalue weighted by Crippen LogP contribution is -2.49. The Bertz CT molecular complexity index is 1760. The molecular formula is C35H28N2O4. The van der Waals surface area contributed by atoms with Crippen molar-refractivity contribution in [1.29, 1.82) is 0 Å². The van der Waals surface area contributed by atoms with Gasteiger partial charge in [0.2, 0.25) is 5.91 Å². The SMILES string of the molecule is COc1cccc(C(=O)C2C(C(=O)c3ccc(C)cc3)N3C=Cc4ccccc4C3C23C(=O)Nc2ccccc23)c1. The minimum Gasteiger partial charge on any atom is -0.497 e. The Hall–Kier alpha value is -4.97. The van der Waals surface area contributed by atoms with Crippen LogP contribution in [0, 0.1) is 12.8 Å². The summed E-state index contributed by atoms with van der Waals surface area (Å²) in [6, 6.07) is 28.3. The molecule has 3 heterocycles. The molecule has 41 heavy (non-hydrogen) atoms. The van der Waals surface area contributed by atoms with Crippen LogP contribution in [0.25, 0.3) is 6.08 Å². The number of methoxy groups -OCH3 is 1. The highest BCUT2D eigenvalue weighted by atomic mass is 16.5. The molecule has 1 amide bonds. The van der Waals surface area contributed by atoms with E-state index < -0.39 is 23.4 Å². The number of rotatable bonds is 5. The Morgan fingerprint density at radius 3 is 2.41 bits per heavy atom. The summed E-state index contributed by atoms with van der Waals surface area (Å²) in [7, 11) is 1.55. The van der Waals surface area contributed by atoms with Crippen LogP contribution in [0.4, 0.5) is 5.69 Å². The lowest BCUT2D eigenvalue weighted by Gasteiger charge is -2.38. The number of ether oxygens (including phenoxy) is 1. The van der Waals surface area contributed by atoms with E-state index in [0.29, 0.717) is 22.6 Å². The number of aryl methyl sites for hydroxylation is 1. The highest BCUT2D eigenvalue weighted by Crippen LogP contribution is 2.62. The van der Waals surface area contributed by atoms with Crippen molar-refractivity contribution in [3.05, 3.63) is 137 Å². The predicted molar refractivity (Wildman–Crippen MR) is 157 cm³/mol. The quantitative estimate of drug-likeness (QED) is 0.315. The minimum atomic E-state index is -1.36. The number of nitrogens with one attached hydrogen (secondary N) is 1. The molecule has 0 radical (unpaired) electrons. The topological polar surface area (TPSA) is 75.7 Å². The predicted octanol–water partition coefficient (Wildman–Crippen LogP) is 5.99. The summed E-state index contributed by atoms with van der Waals surface area (Å²) in [5.74, 6) is -1.24.